The molecule has 154 valence electrons. The van der Waals surface area contributed by atoms with Crippen LogP contribution in [0.5, 0.6) is 0 Å². The van der Waals surface area contributed by atoms with Gasteiger partial charge in [0.1, 0.15) is 0 Å². The van der Waals surface area contributed by atoms with E-state index in [1.54, 1.807) is 0 Å². The summed E-state index contributed by atoms with van der Waals surface area (Å²) in [4.78, 5) is 16.7. The van der Waals surface area contributed by atoms with Gasteiger partial charge >= 0.3 is 0 Å². The number of nitrogens with zero attached hydrogens (tertiary/aromatic N) is 2. The lowest BCUT2D eigenvalue weighted by atomic mass is 10.0. The minimum Gasteiger partial charge on any atom is -0.390 e. The van der Waals surface area contributed by atoms with Crippen LogP contribution in [-0.2, 0) is 11.3 Å². The molecule has 2 aliphatic heterocycles. The van der Waals surface area contributed by atoms with E-state index >= 15 is 0 Å². The number of nitrogens with one attached hydrogen (secondary N) is 2. The van der Waals surface area contributed by atoms with E-state index in [0.29, 0.717) is 32.2 Å². The minimum absolute atomic E-state index is 0. The van der Waals surface area contributed by atoms with Gasteiger partial charge in [-0.15, -0.1) is 24.8 Å². The van der Waals surface area contributed by atoms with Crippen molar-refractivity contribution in [2.75, 3.05) is 45.8 Å². The lowest BCUT2D eigenvalue weighted by molar-refractivity contribution is -0.122. The molecule has 0 bridgehead atoms. The first-order valence-electron chi connectivity index (χ1n) is 9.36. The average Bonchev–Trinajstić information content (AvgIpc) is 2.83. The van der Waals surface area contributed by atoms with Crippen LogP contribution in [0.25, 0.3) is 0 Å². The highest BCUT2D eigenvalue weighted by Gasteiger charge is 2.27. The molecule has 1 aromatic rings. The summed E-state index contributed by atoms with van der Waals surface area (Å²) >= 11 is 0. The summed E-state index contributed by atoms with van der Waals surface area (Å²) in [6.07, 6.45) is 1.90. The van der Waals surface area contributed by atoms with E-state index < -0.39 is 0 Å². The molecule has 3 rings (SSSR count). The first kappa shape index (κ1) is 24.1. The average molecular weight is 419 g/mol. The van der Waals surface area contributed by atoms with Crippen LogP contribution in [0.2, 0.25) is 0 Å². The molecule has 0 radical (unpaired) electrons. The van der Waals surface area contributed by atoms with Gasteiger partial charge in [0, 0.05) is 38.8 Å². The number of aliphatic hydroxyl groups is 1. The van der Waals surface area contributed by atoms with Gasteiger partial charge in [0.15, 0.2) is 0 Å². The van der Waals surface area contributed by atoms with Crippen LogP contribution in [0.15, 0.2) is 30.3 Å². The Balaban J connectivity index is 0.00000182. The Morgan fingerprint density at radius 2 is 1.81 bits per heavy atom. The number of carbonyl (C=O) groups excluding carboxylic acids is 1. The molecular formula is C19H32Cl2N4O2. The van der Waals surface area contributed by atoms with Crippen molar-refractivity contribution in [3.8, 4) is 0 Å². The van der Waals surface area contributed by atoms with Crippen molar-refractivity contribution in [1.82, 2.24) is 20.4 Å². The lowest BCUT2D eigenvalue weighted by Crippen LogP contribution is -2.46. The van der Waals surface area contributed by atoms with Gasteiger partial charge in [-0.05, 0) is 31.5 Å². The van der Waals surface area contributed by atoms with Crippen LogP contribution >= 0.6 is 24.8 Å². The molecular weight excluding hydrogens is 387 g/mol. The zero-order valence-electron chi connectivity index (χ0n) is 15.7. The molecule has 2 aliphatic rings. The van der Waals surface area contributed by atoms with Crippen LogP contribution in [0.4, 0.5) is 0 Å². The quantitative estimate of drug-likeness (QED) is 0.661. The third kappa shape index (κ3) is 7.94. The van der Waals surface area contributed by atoms with E-state index in [2.05, 4.69) is 20.4 Å². The van der Waals surface area contributed by atoms with Gasteiger partial charge in [0.25, 0.3) is 0 Å². The van der Waals surface area contributed by atoms with Crippen molar-refractivity contribution in [2.24, 2.45) is 0 Å². The number of rotatable bonds is 5. The standard InChI is InChI=1S/C19H30N4O2.2ClH/c24-18-13-22(10-11-23(14-18)17-6-8-20-9-7-17)15-19(25)21-12-16-4-2-1-3-5-16;;/h1-5,17-18,20,24H,6-15H2,(H,21,25);2*1H. The Morgan fingerprint density at radius 3 is 2.52 bits per heavy atom. The number of aliphatic hydroxyl groups excluding tert-OH is 1. The smallest absolute Gasteiger partial charge is 0.234 e. The molecule has 3 N–H and O–H groups in total. The highest BCUT2D eigenvalue weighted by atomic mass is 35.5. The van der Waals surface area contributed by atoms with Crippen LogP contribution < -0.4 is 10.6 Å². The van der Waals surface area contributed by atoms with Gasteiger partial charge in [0.2, 0.25) is 5.91 Å². The summed E-state index contributed by atoms with van der Waals surface area (Å²) in [5.41, 5.74) is 1.10. The maximum Gasteiger partial charge on any atom is 0.234 e. The summed E-state index contributed by atoms with van der Waals surface area (Å²) < 4.78 is 0. The predicted octanol–water partition coefficient (Wildman–Crippen LogP) is 0.877. The molecule has 6 nitrogen and oxygen atoms in total. The van der Waals surface area contributed by atoms with Crippen molar-refractivity contribution < 1.29 is 9.90 Å². The summed E-state index contributed by atoms with van der Waals surface area (Å²) in [7, 11) is 0. The largest absolute Gasteiger partial charge is 0.390 e. The van der Waals surface area contributed by atoms with E-state index in [1.165, 1.54) is 0 Å². The van der Waals surface area contributed by atoms with Crippen LogP contribution in [0, 0.1) is 0 Å². The number of β-amino-alcohol motifs (C(OH)–C–C–N with tert-alkyl or cyclic N) is 1. The molecule has 0 saturated carbocycles. The number of hydrogen-bond donors (Lipinski definition) is 3. The second-order valence-corrected chi connectivity index (χ2v) is 7.13. The third-order valence-electron chi connectivity index (χ3n) is 5.14. The molecule has 0 aromatic heterocycles. The van der Waals surface area contributed by atoms with E-state index in [4.69, 9.17) is 0 Å². The minimum atomic E-state index is -0.390. The number of hydrogen-bond acceptors (Lipinski definition) is 5. The lowest BCUT2D eigenvalue weighted by Gasteiger charge is -2.34. The topological polar surface area (TPSA) is 67.8 Å². The summed E-state index contributed by atoms with van der Waals surface area (Å²) in [5, 5.41) is 16.7. The zero-order chi connectivity index (χ0) is 17.5. The Hall–Kier alpha value is -0.890. The second-order valence-electron chi connectivity index (χ2n) is 7.13. The molecule has 2 saturated heterocycles. The number of carbonyl (C=O) groups is 1. The van der Waals surface area contributed by atoms with Gasteiger partial charge in [-0.3, -0.25) is 14.6 Å². The zero-order valence-corrected chi connectivity index (χ0v) is 17.3. The normalized spacial score (nSPS) is 22.2. The Bertz CT molecular complexity index is 544. The maximum absolute atomic E-state index is 12.2. The van der Waals surface area contributed by atoms with Crippen molar-refractivity contribution in [1.29, 1.82) is 0 Å². The number of benzene rings is 1. The summed E-state index contributed by atoms with van der Waals surface area (Å²) in [6.45, 7) is 6.06. The molecule has 1 atom stereocenters. The van der Waals surface area contributed by atoms with E-state index in [9.17, 15) is 9.90 Å². The molecule has 27 heavy (non-hydrogen) atoms. The van der Waals surface area contributed by atoms with Crippen molar-refractivity contribution in [3.63, 3.8) is 0 Å². The van der Waals surface area contributed by atoms with Gasteiger partial charge in [-0.25, -0.2) is 0 Å². The van der Waals surface area contributed by atoms with E-state index in [0.717, 1.165) is 44.6 Å². The number of halogens is 2. The molecule has 1 amide bonds. The maximum atomic E-state index is 12.2. The first-order chi connectivity index (χ1) is 12.2. The summed E-state index contributed by atoms with van der Waals surface area (Å²) in [5.74, 6) is 0.0198. The van der Waals surface area contributed by atoms with Gasteiger partial charge in [-0.1, -0.05) is 30.3 Å². The van der Waals surface area contributed by atoms with E-state index in [1.807, 2.05) is 30.3 Å². The van der Waals surface area contributed by atoms with Crippen molar-refractivity contribution in [3.05, 3.63) is 35.9 Å². The molecule has 2 heterocycles. The first-order valence-corrected chi connectivity index (χ1v) is 9.36. The summed E-state index contributed by atoms with van der Waals surface area (Å²) in [6, 6.07) is 10.5. The monoisotopic (exact) mass is 418 g/mol. The Labute approximate surface area is 174 Å². The van der Waals surface area contributed by atoms with Crippen molar-refractivity contribution >= 4 is 30.7 Å². The number of piperidine rings is 1. The number of amides is 1. The molecule has 0 aliphatic carbocycles. The third-order valence-corrected chi connectivity index (χ3v) is 5.14. The Kier molecular flexibility index (Phi) is 11.2. The molecule has 1 aromatic carbocycles. The van der Waals surface area contributed by atoms with Crippen LogP contribution in [0.1, 0.15) is 18.4 Å². The van der Waals surface area contributed by atoms with Crippen LogP contribution in [-0.4, -0.2) is 78.8 Å². The van der Waals surface area contributed by atoms with Crippen LogP contribution in [0.3, 0.4) is 0 Å². The fourth-order valence-electron chi connectivity index (χ4n) is 3.78. The molecule has 8 heteroatoms. The predicted molar refractivity (Wildman–Crippen MR) is 113 cm³/mol. The van der Waals surface area contributed by atoms with Gasteiger partial charge < -0.3 is 15.7 Å². The molecule has 1 unspecified atom stereocenters. The highest BCUT2D eigenvalue weighted by molar-refractivity contribution is 5.85. The van der Waals surface area contributed by atoms with Crippen molar-refractivity contribution in [2.45, 2.75) is 31.5 Å². The highest BCUT2D eigenvalue weighted by Crippen LogP contribution is 2.15. The fraction of sp³-hybridized carbons (Fsp3) is 0.632. The SMILES string of the molecule is Cl.Cl.O=C(CN1CCN(C2CCNCC2)CC(O)C1)NCc1ccccc1. The molecule has 0 spiro atoms. The van der Waals surface area contributed by atoms with Gasteiger partial charge in [0.05, 0.1) is 12.6 Å². The van der Waals surface area contributed by atoms with E-state index in [-0.39, 0.29) is 36.8 Å². The van der Waals surface area contributed by atoms with Gasteiger partial charge in [-0.2, -0.15) is 0 Å². The second kappa shape index (κ2) is 12.5. The Morgan fingerprint density at radius 1 is 1.11 bits per heavy atom. The fourth-order valence-corrected chi connectivity index (χ4v) is 3.78. The molecule has 2 fully saturated rings.